The Morgan fingerprint density at radius 3 is 2.86 bits per heavy atom. The van der Waals surface area contributed by atoms with Crippen LogP contribution in [0.3, 0.4) is 0 Å². The van der Waals surface area contributed by atoms with Crippen LogP contribution in [0.15, 0.2) is 65.2 Å². The molecule has 2 aromatic heterocycles. The summed E-state index contributed by atoms with van der Waals surface area (Å²) in [4.78, 5) is 12.7. The van der Waals surface area contributed by atoms with Gasteiger partial charge in [-0.3, -0.25) is 0 Å². The van der Waals surface area contributed by atoms with Gasteiger partial charge in [-0.05, 0) is 68.1 Å². The number of nitrogens with zero attached hydrogens (tertiary/aromatic N) is 4. The molecule has 0 fully saturated rings. The Kier molecular flexibility index (Phi) is 5.91. The Labute approximate surface area is 214 Å². The van der Waals surface area contributed by atoms with Crippen LogP contribution in [-0.2, 0) is 13.0 Å². The van der Waals surface area contributed by atoms with E-state index in [4.69, 9.17) is 9.26 Å². The van der Waals surface area contributed by atoms with Gasteiger partial charge in [-0.1, -0.05) is 35.5 Å². The van der Waals surface area contributed by atoms with Crippen molar-refractivity contribution < 1.29 is 9.26 Å². The lowest BCUT2D eigenvalue weighted by molar-refractivity contribution is 0.241. The van der Waals surface area contributed by atoms with Crippen LogP contribution in [0.4, 0.5) is 0 Å². The molecular formula is C29H26N6O2. The van der Waals surface area contributed by atoms with E-state index in [0.29, 0.717) is 35.1 Å². The lowest BCUT2D eigenvalue weighted by Crippen LogP contribution is -2.19. The molecule has 0 saturated heterocycles. The van der Waals surface area contributed by atoms with Gasteiger partial charge in [0.05, 0.1) is 29.2 Å². The molecule has 2 heterocycles. The average molecular weight is 491 g/mol. The number of hydrogen-bond acceptors (Lipinski definition) is 7. The number of fused-ring (bicyclic) bond motifs is 2. The number of benzene rings is 3. The molecule has 6 rings (SSSR count). The van der Waals surface area contributed by atoms with Gasteiger partial charge in [-0.15, -0.1) is 0 Å². The predicted molar refractivity (Wildman–Crippen MR) is 140 cm³/mol. The molecule has 0 saturated carbocycles. The van der Waals surface area contributed by atoms with Crippen LogP contribution in [0.25, 0.3) is 33.9 Å². The van der Waals surface area contributed by atoms with Gasteiger partial charge in [0, 0.05) is 17.2 Å². The third-order valence-corrected chi connectivity index (χ3v) is 6.60. The highest BCUT2D eigenvalue weighted by molar-refractivity contribution is 5.74. The minimum atomic E-state index is -0.0230. The third kappa shape index (κ3) is 4.46. The minimum Gasteiger partial charge on any atom is -0.490 e. The number of rotatable bonds is 7. The fourth-order valence-corrected chi connectivity index (χ4v) is 4.94. The normalized spacial score (nSPS) is 14.7. The van der Waals surface area contributed by atoms with E-state index in [1.54, 1.807) is 12.1 Å². The summed E-state index contributed by atoms with van der Waals surface area (Å²) in [5.74, 6) is 2.39. The molecule has 1 unspecified atom stereocenters. The Morgan fingerprint density at radius 2 is 2.03 bits per heavy atom. The van der Waals surface area contributed by atoms with Crippen molar-refractivity contribution in [1.29, 1.82) is 5.26 Å². The van der Waals surface area contributed by atoms with Crippen LogP contribution < -0.4 is 10.1 Å². The quantitative estimate of drug-likeness (QED) is 0.300. The summed E-state index contributed by atoms with van der Waals surface area (Å²) in [5, 5.41) is 17.5. The smallest absolute Gasteiger partial charge is 0.258 e. The molecule has 0 spiro atoms. The highest BCUT2D eigenvalue weighted by Gasteiger charge is 2.26. The molecule has 1 aliphatic carbocycles. The van der Waals surface area contributed by atoms with E-state index < -0.39 is 0 Å². The number of aromatic amines is 1. The van der Waals surface area contributed by atoms with Crippen molar-refractivity contribution in [2.75, 3.05) is 0 Å². The molecule has 8 nitrogen and oxygen atoms in total. The molecule has 184 valence electrons. The lowest BCUT2D eigenvalue weighted by atomic mass is 10.0. The number of ether oxygens (including phenoxy) is 1. The number of hydrogen-bond donors (Lipinski definition) is 2. The third-order valence-electron chi connectivity index (χ3n) is 6.60. The van der Waals surface area contributed by atoms with Crippen LogP contribution in [0.1, 0.15) is 48.8 Å². The number of aromatic nitrogens is 4. The Balaban J connectivity index is 1.22. The van der Waals surface area contributed by atoms with Crippen molar-refractivity contribution in [3.63, 3.8) is 0 Å². The second-order valence-electron chi connectivity index (χ2n) is 9.46. The second-order valence-corrected chi connectivity index (χ2v) is 9.46. The van der Waals surface area contributed by atoms with Crippen LogP contribution in [-0.4, -0.2) is 26.2 Å². The molecule has 0 aliphatic heterocycles. The molecule has 1 atom stereocenters. The van der Waals surface area contributed by atoms with Gasteiger partial charge in [-0.25, -0.2) is 4.98 Å². The molecule has 2 N–H and O–H groups in total. The fraction of sp³-hybridized carbons (Fsp3) is 0.241. The second kappa shape index (κ2) is 9.52. The molecule has 0 radical (unpaired) electrons. The predicted octanol–water partition coefficient (Wildman–Crippen LogP) is 5.72. The molecule has 0 bridgehead atoms. The lowest BCUT2D eigenvalue weighted by Gasteiger charge is -2.13. The van der Waals surface area contributed by atoms with E-state index in [1.165, 1.54) is 11.1 Å². The molecule has 37 heavy (non-hydrogen) atoms. The average Bonchev–Trinajstić information content (AvgIpc) is 3.65. The Bertz CT molecular complexity index is 1590. The van der Waals surface area contributed by atoms with E-state index in [0.717, 1.165) is 35.3 Å². The molecule has 8 heteroatoms. The highest BCUT2D eigenvalue weighted by atomic mass is 16.5. The first-order chi connectivity index (χ1) is 18.1. The summed E-state index contributed by atoms with van der Waals surface area (Å²) in [7, 11) is 0. The van der Waals surface area contributed by atoms with Gasteiger partial charge in [0.15, 0.2) is 0 Å². The van der Waals surface area contributed by atoms with E-state index in [9.17, 15) is 5.26 Å². The summed E-state index contributed by atoms with van der Waals surface area (Å²) in [6.45, 7) is 4.51. The van der Waals surface area contributed by atoms with Gasteiger partial charge in [0.2, 0.25) is 5.82 Å². The van der Waals surface area contributed by atoms with Crippen LogP contribution in [0, 0.1) is 11.3 Å². The van der Waals surface area contributed by atoms with Crippen LogP contribution in [0.5, 0.6) is 5.75 Å². The van der Waals surface area contributed by atoms with Crippen molar-refractivity contribution in [1.82, 2.24) is 25.4 Å². The molecule has 1 aliphatic rings. The number of para-hydroxylation sites is 2. The topological polar surface area (TPSA) is 113 Å². The zero-order valence-electron chi connectivity index (χ0n) is 20.7. The van der Waals surface area contributed by atoms with Gasteiger partial charge >= 0.3 is 0 Å². The number of nitrogens with one attached hydrogen (secondary N) is 2. The van der Waals surface area contributed by atoms with Gasteiger partial charge in [0.1, 0.15) is 17.6 Å². The standard InChI is InChI=1S/C29H26N6O2/c1-17(2)36-26-13-10-18(14-19(26)15-30)29-34-28(35-37-29)22-7-5-6-21-20(22)11-12-23(21)31-16-27-32-24-8-3-4-9-25(24)33-27/h3-10,13-14,17,23,31H,11-12,16H2,1-2H3,(H,32,33). The number of nitriles is 1. The zero-order chi connectivity index (χ0) is 25.4. The van der Waals surface area contributed by atoms with Gasteiger partial charge < -0.3 is 19.6 Å². The van der Waals surface area contributed by atoms with E-state index in [-0.39, 0.29) is 12.1 Å². The van der Waals surface area contributed by atoms with E-state index >= 15 is 0 Å². The van der Waals surface area contributed by atoms with Crippen molar-refractivity contribution in [2.45, 2.75) is 45.4 Å². The van der Waals surface area contributed by atoms with Gasteiger partial charge in [0.25, 0.3) is 5.89 Å². The maximum Gasteiger partial charge on any atom is 0.258 e. The van der Waals surface area contributed by atoms with Crippen molar-refractivity contribution in [3.05, 3.63) is 83.2 Å². The first-order valence-electron chi connectivity index (χ1n) is 12.4. The fourth-order valence-electron chi connectivity index (χ4n) is 4.94. The minimum absolute atomic E-state index is 0.0230. The van der Waals surface area contributed by atoms with Gasteiger partial charge in [-0.2, -0.15) is 10.2 Å². The molecule has 0 amide bonds. The summed E-state index contributed by atoms with van der Waals surface area (Å²) < 4.78 is 11.3. The largest absolute Gasteiger partial charge is 0.490 e. The molecular weight excluding hydrogens is 464 g/mol. The summed E-state index contributed by atoms with van der Waals surface area (Å²) >= 11 is 0. The number of H-pyrrole nitrogens is 1. The zero-order valence-corrected chi connectivity index (χ0v) is 20.7. The van der Waals surface area contributed by atoms with Crippen molar-refractivity contribution >= 4 is 11.0 Å². The van der Waals surface area contributed by atoms with Crippen molar-refractivity contribution in [2.24, 2.45) is 0 Å². The monoisotopic (exact) mass is 490 g/mol. The molecule has 5 aromatic rings. The number of imidazole rings is 1. The Hall–Kier alpha value is -4.48. The van der Waals surface area contributed by atoms with Crippen molar-refractivity contribution in [3.8, 4) is 34.7 Å². The van der Waals surface area contributed by atoms with Crippen LogP contribution >= 0.6 is 0 Å². The summed E-state index contributed by atoms with van der Waals surface area (Å²) in [6, 6.07) is 22.0. The summed E-state index contributed by atoms with van der Waals surface area (Å²) in [6.07, 6.45) is 1.89. The first kappa shape index (κ1) is 23.0. The Morgan fingerprint density at radius 1 is 1.14 bits per heavy atom. The van der Waals surface area contributed by atoms with E-state index in [1.807, 2.05) is 56.3 Å². The summed E-state index contributed by atoms with van der Waals surface area (Å²) in [5.41, 5.74) is 6.60. The maximum absolute atomic E-state index is 9.56. The molecule has 3 aromatic carbocycles. The highest BCUT2D eigenvalue weighted by Crippen LogP contribution is 2.37. The SMILES string of the molecule is CC(C)Oc1ccc(-c2nc(-c3cccc4c3CCC4NCc3nc4ccccc4[nH]3)no2)cc1C#N. The van der Waals surface area contributed by atoms with E-state index in [2.05, 4.69) is 37.6 Å². The first-order valence-corrected chi connectivity index (χ1v) is 12.4. The van der Waals surface area contributed by atoms with Crippen LogP contribution in [0.2, 0.25) is 0 Å². The maximum atomic E-state index is 9.56.